The zero-order chi connectivity index (χ0) is 64.7. The molecule has 0 saturated carbocycles. The van der Waals surface area contributed by atoms with Gasteiger partial charge < -0.3 is 28.5 Å². The molecule has 0 fully saturated rings. The minimum absolute atomic E-state index is 0.172. The van der Waals surface area contributed by atoms with Gasteiger partial charge in [0, 0.05) is 12.8 Å². The Kier molecular flexibility index (Phi) is 65.8. The number of esters is 2. The molecule has 89 heavy (non-hydrogen) atoms. The highest BCUT2D eigenvalue weighted by atomic mass is 16.7. The molecule has 0 aromatic carbocycles. The van der Waals surface area contributed by atoms with E-state index in [-0.39, 0.29) is 38.6 Å². The molecule has 1 N–H and O–H groups in total. The van der Waals surface area contributed by atoms with Gasteiger partial charge in [0.05, 0.1) is 34.4 Å². The highest BCUT2D eigenvalue weighted by Crippen LogP contribution is 2.18. The van der Waals surface area contributed by atoms with Crippen molar-refractivity contribution >= 4 is 17.9 Å². The number of aliphatic carboxylic acids is 1. The number of allylic oxidation sites excluding steroid dienone is 22. The van der Waals surface area contributed by atoms with E-state index in [1.165, 1.54) is 167 Å². The van der Waals surface area contributed by atoms with E-state index in [4.69, 9.17) is 18.9 Å². The van der Waals surface area contributed by atoms with Gasteiger partial charge in [-0.15, -0.1) is 0 Å². The Morgan fingerprint density at radius 1 is 0.337 bits per heavy atom. The van der Waals surface area contributed by atoms with Crippen LogP contribution in [0, 0.1) is 0 Å². The van der Waals surface area contributed by atoms with Crippen LogP contribution in [0.1, 0.15) is 296 Å². The standard InChI is InChI=1S/C80H135NO8/c1-6-8-10-12-14-16-18-20-22-24-26-28-30-31-32-33-34-35-36-37-38-39-40-41-42-43-44-45-46-47-49-50-52-54-56-58-60-62-64-66-68-70-77(82)87-74-76(75-88-80(79(84)85)86-73-72-81(3,4)5)89-78(83)71-69-67-65-63-61-59-57-55-53-51-48-29-27-25-23-21-19-17-15-13-11-9-7-2/h8-11,14-17,20-23,26-29,51,53,57,59,63,65,76,80H,6-7,12-13,18-19,24-25,30-50,52,54-56,58,60-62,64,66-75H2,1-5H3/p+1/b10-8-,11-9-,16-14-,17-15-,22-20-,23-21-,28-26-,29-27-,53-51-,59-57-,65-63-. The van der Waals surface area contributed by atoms with Crippen LogP contribution in [0.25, 0.3) is 0 Å². The van der Waals surface area contributed by atoms with Crippen LogP contribution in [-0.4, -0.2) is 87.4 Å². The summed E-state index contributed by atoms with van der Waals surface area (Å²) in [6, 6.07) is 0. The fraction of sp³-hybridized carbons (Fsp3) is 0.688. The lowest BCUT2D eigenvalue weighted by Gasteiger charge is -2.25. The molecule has 0 aromatic heterocycles. The molecule has 0 aromatic rings. The Hall–Kier alpha value is -4.57. The van der Waals surface area contributed by atoms with E-state index in [0.29, 0.717) is 23.9 Å². The number of carboxylic acid groups (broad SMARTS) is 1. The first-order chi connectivity index (χ1) is 43.6. The van der Waals surface area contributed by atoms with Gasteiger partial charge >= 0.3 is 17.9 Å². The van der Waals surface area contributed by atoms with E-state index in [9.17, 15) is 19.5 Å². The zero-order valence-corrected chi connectivity index (χ0v) is 58.0. The molecule has 0 bridgehead atoms. The van der Waals surface area contributed by atoms with Crippen LogP contribution in [0.2, 0.25) is 0 Å². The highest BCUT2D eigenvalue weighted by molar-refractivity contribution is 5.71. The second-order valence-electron chi connectivity index (χ2n) is 25.1. The SMILES string of the molecule is CC/C=C\C/C=C\C/C=C\C/C=C\C/C=C\C/C=C\C/C=C\CCCC(=O)OC(COC(=O)CCCCCCCCCCCCCCCCCCCCCCCCCCCCCC/C=C\C/C=C\C/C=C\C/C=C\CC)COC(OCC[N+](C)(C)C)C(=O)O. The Labute approximate surface area is 548 Å². The minimum atomic E-state index is -1.53. The highest BCUT2D eigenvalue weighted by Gasteiger charge is 2.25. The summed E-state index contributed by atoms with van der Waals surface area (Å²) in [5, 5.41) is 9.74. The van der Waals surface area contributed by atoms with Gasteiger partial charge in [0.2, 0.25) is 0 Å². The topological polar surface area (TPSA) is 108 Å². The predicted octanol–water partition coefficient (Wildman–Crippen LogP) is 22.9. The maximum Gasteiger partial charge on any atom is 0.361 e. The molecule has 0 amide bonds. The van der Waals surface area contributed by atoms with Crippen LogP contribution in [-0.2, 0) is 33.3 Å². The molecule has 0 rings (SSSR count). The Bertz CT molecular complexity index is 1930. The molecule has 9 nitrogen and oxygen atoms in total. The number of quaternary nitrogens is 1. The average Bonchev–Trinajstić information content (AvgIpc) is 3.64. The van der Waals surface area contributed by atoms with Crippen LogP contribution in [0.5, 0.6) is 0 Å². The van der Waals surface area contributed by atoms with Gasteiger partial charge in [-0.25, -0.2) is 4.79 Å². The molecule has 2 unspecified atom stereocenters. The largest absolute Gasteiger partial charge is 0.477 e. The summed E-state index contributed by atoms with van der Waals surface area (Å²) in [4.78, 5) is 37.6. The van der Waals surface area contributed by atoms with Crippen LogP contribution >= 0.6 is 0 Å². The third kappa shape index (κ3) is 70.7. The minimum Gasteiger partial charge on any atom is -0.477 e. The number of carbonyl (C=O) groups excluding carboxylic acids is 2. The summed E-state index contributed by atoms with van der Waals surface area (Å²) in [7, 11) is 5.95. The Morgan fingerprint density at radius 2 is 0.618 bits per heavy atom. The van der Waals surface area contributed by atoms with Crippen molar-refractivity contribution < 1.29 is 42.9 Å². The molecular formula is C80H136NO8+. The number of carbonyl (C=O) groups is 3. The van der Waals surface area contributed by atoms with Gasteiger partial charge in [0.25, 0.3) is 6.29 Å². The van der Waals surface area contributed by atoms with Gasteiger partial charge in [-0.05, 0) is 103 Å². The molecule has 508 valence electrons. The molecule has 2 atom stereocenters. The van der Waals surface area contributed by atoms with Gasteiger partial charge in [0.15, 0.2) is 6.10 Å². The lowest BCUT2D eigenvalue weighted by atomic mass is 10.0. The molecule has 0 aliphatic rings. The molecule has 0 saturated heterocycles. The number of ether oxygens (including phenoxy) is 4. The van der Waals surface area contributed by atoms with Crippen molar-refractivity contribution in [2.75, 3.05) is 47.5 Å². The first-order valence-corrected chi connectivity index (χ1v) is 36.3. The summed E-state index contributed by atoms with van der Waals surface area (Å²) >= 11 is 0. The van der Waals surface area contributed by atoms with E-state index in [2.05, 4.69) is 148 Å². The Balaban J connectivity index is 4.04. The first-order valence-electron chi connectivity index (χ1n) is 36.3. The van der Waals surface area contributed by atoms with Crippen molar-refractivity contribution in [2.24, 2.45) is 0 Å². The van der Waals surface area contributed by atoms with Gasteiger partial charge in [-0.1, -0.05) is 314 Å². The van der Waals surface area contributed by atoms with E-state index >= 15 is 0 Å². The number of hydrogen-bond donors (Lipinski definition) is 1. The third-order valence-electron chi connectivity index (χ3n) is 15.4. The molecule has 9 heteroatoms. The number of likely N-dealkylation sites (N-methyl/N-ethyl adjacent to an activating group) is 1. The quantitative estimate of drug-likeness (QED) is 0.0211. The van der Waals surface area contributed by atoms with Crippen LogP contribution < -0.4 is 0 Å². The second kappa shape index (κ2) is 69.3. The van der Waals surface area contributed by atoms with Crippen molar-refractivity contribution in [2.45, 2.75) is 309 Å². The predicted molar refractivity (Wildman–Crippen MR) is 382 cm³/mol. The van der Waals surface area contributed by atoms with Crippen LogP contribution in [0.15, 0.2) is 134 Å². The van der Waals surface area contributed by atoms with Crippen molar-refractivity contribution in [3.05, 3.63) is 134 Å². The fourth-order valence-electron chi connectivity index (χ4n) is 9.94. The molecular weight excluding hydrogens is 1100 g/mol. The normalized spacial score (nSPS) is 13.5. The number of unbranched alkanes of at least 4 members (excludes halogenated alkanes) is 29. The lowest BCUT2D eigenvalue weighted by molar-refractivity contribution is -0.870. The first kappa shape index (κ1) is 84.4. The van der Waals surface area contributed by atoms with E-state index in [1.807, 2.05) is 21.1 Å². The lowest BCUT2D eigenvalue weighted by Crippen LogP contribution is -2.40. The summed E-state index contributed by atoms with van der Waals surface area (Å²) in [6.07, 6.45) is 97.5. The Morgan fingerprint density at radius 3 is 0.933 bits per heavy atom. The molecule has 0 aliphatic heterocycles. The van der Waals surface area contributed by atoms with E-state index < -0.39 is 24.3 Å². The molecule has 0 heterocycles. The maximum atomic E-state index is 12.9. The van der Waals surface area contributed by atoms with Crippen molar-refractivity contribution in [1.29, 1.82) is 0 Å². The number of hydrogen-bond acceptors (Lipinski definition) is 7. The fourth-order valence-corrected chi connectivity index (χ4v) is 9.94. The van der Waals surface area contributed by atoms with E-state index in [0.717, 1.165) is 89.9 Å². The average molecular weight is 1240 g/mol. The maximum absolute atomic E-state index is 12.9. The smallest absolute Gasteiger partial charge is 0.361 e. The van der Waals surface area contributed by atoms with Crippen molar-refractivity contribution in [3.8, 4) is 0 Å². The van der Waals surface area contributed by atoms with Gasteiger partial charge in [-0.2, -0.15) is 0 Å². The van der Waals surface area contributed by atoms with Crippen LogP contribution in [0.3, 0.4) is 0 Å². The third-order valence-corrected chi connectivity index (χ3v) is 15.4. The van der Waals surface area contributed by atoms with Crippen molar-refractivity contribution in [3.63, 3.8) is 0 Å². The summed E-state index contributed by atoms with van der Waals surface area (Å²) in [6.45, 7) is 4.60. The molecule has 0 radical (unpaired) electrons. The summed E-state index contributed by atoms with van der Waals surface area (Å²) in [5.74, 6) is -2.09. The summed E-state index contributed by atoms with van der Waals surface area (Å²) in [5.41, 5.74) is 0. The monoisotopic (exact) mass is 1240 g/mol. The van der Waals surface area contributed by atoms with Crippen LogP contribution in [0.4, 0.5) is 0 Å². The number of rotatable bonds is 66. The number of nitrogens with zero attached hydrogens (tertiary/aromatic N) is 1. The molecule has 0 spiro atoms. The van der Waals surface area contributed by atoms with E-state index in [1.54, 1.807) is 0 Å². The molecule has 0 aliphatic carbocycles. The second-order valence-corrected chi connectivity index (χ2v) is 25.1. The van der Waals surface area contributed by atoms with Gasteiger partial charge in [0.1, 0.15) is 13.2 Å². The zero-order valence-electron chi connectivity index (χ0n) is 58.0. The van der Waals surface area contributed by atoms with Gasteiger partial charge in [-0.3, -0.25) is 9.59 Å². The van der Waals surface area contributed by atoms with Crippen molar-refractivity contribution in [1.82, 2.24) is 0 Å². The number of carboxylic acids is 1. The summed E-state index contributed by atoms with van der Waals surface area (Å²) < 4.78 is 22.9.